The Bertz CT molecular complexity index is 1230. The fourth-order valence-electron chi connectivity index (χ4n) is 3.37. The first-order valence-corrected chi connectivity index (χ1v) is 12.4. The Kier molecular flexibility index (Phi) is 7.42. The van der Waals surface area contributed by atoms with Gasteiger partial charge in [-0.2, -0.15) is 0 Å². The van der Waals surface area contributed by atoms with Gasteiger partial charge < -0.3 is 18.8 Å². The molecule has 0 saturated heterocycles. The molecule has 0 saturated carbocycles. The summed E-state index contributed by atoms with van der Waals surface area (Å²) in [7, 11) is 4.77. The van der Waals surface area contributed by atoms with Crippen LogP contribution in [0, 0.1) is 0 Å². The molecule has 10 heteroatoms. The Hall–Kier alpha value is -2.75. The van der Waals surface area contributed by atoms with Crippen LogP contribution in [0.3, 0.4) is 0 Å². The molecule has 2 aromatic heterocycles. The number of benzene rings is 2. The average Bonchev–Trinajstić information content (AvgIpc) is 3.48. The van der Waals surface area contributed by atoms with Crippen molar-refractivity contribution in [1.82, 2.24) is 19.7 Å². The number of hydrogen-bond acceptors (Lipinski definition) is 8. The topological polar surface area (TPSA) is 71.3 Å². The lowest BCUT2D eigenvalue weighted by Crippen LogP contribution is -2.01. The minimum Gasteiger partial charge on any atom is -0.493 e. The molecule has 2 aromatic carbocycles. The lowest BCUT2D eigenvalue weighted by Gasteiger charge is -2.14. The van der Waals surface area contributed by atoms with Crippen molar-refractivity contribution in [3.8, 4) is 39.2 Å². The summed E-state index contributed by atoms with van der Waals surface area (Å²) >= 11 is 9.50. The van der Waals surface area contributed by atoms with E-state index in [1.807, 2.05) is 36.4 Å². The van der Waals surface area contributed by atoms with Crippen molar-refractivity contribution in [2.45, 2.75) is 24.4 Å². The molecule has 7 nitrogen and oxygen atoms in total. The second-order valence-electron chi connectivity index (χ2n) is 6.88. The number of nitrogens with zero attached hydrogens (tertiary/aromatic N) is 4. The van der Waals surface area contributed by atoms with Crippen LogP contribution in [0.25, 0.3) is 22.0 Å². The number of rotatable bonds is 9. The van der Waals surface area contributed by atoms with Crippen LogP contribution in [0.1, 0.15) is 12.6 Å². The van der Waals surface area contributed by atoms with Crippen LogP contribution in [0.15, 0.2) is 46.9 Å². The maximum Gasteiger partial charge on any atom is 0.203 e. The minimum atomic E-state index is 0.541. The number of thiazole rings is 1. The predicted molar refractivity (Wildman–Crippen MR) is 133 cm³/mol. The van der Waals surface area contributed by atoms with Gasteiger partial charge in [0.2, 0.25) is 5.75 Å². The van der Waals surface area contributed by atoms with E-state index >= 15 is 0 Å². The Balaban J connectivity index is 1.58. The lowest BCUT2D eigenvalue weighted by molar-refractivity contribution is 0.324. The molecule has 2 heterocycles. The molecule has 0 unspecified atom stereocenters. The van der Waals surface area contributed by atoms with Gasteiger partial charge in [0.15, 0.2) is 22.5 Å². The molecule has 0 spiro atoms. The van der Waals surface area contributed by atoms with Gasteiger partial charge >= 0.3 is 0 Å². The van der Waals surface area contributed by atoms with Crippen LogP contribution >= 0.6 is 34.7 Å². The van der Waals surface area contributed by atoms with E-state index in [0.29, 0.717) is 34.6 Å². The molecule has 0 bridgehead atoms. The van der Waals surface area contributed by atoms with E-state index in [2.05, 4.69) is 27.1 Å². The lowest BCUT2D eigenvalue weighted by atomic mass is 10.1. The van der Waals surface area contributed by atoms with Crippen LogP contribution in [0.2, 0.25) is 5.02 Å². The normalized spacial score (nSPS) is 10.9. The van der Waals surface area contributed by atoms with Crippen molar-refractivity contribution in [1.29, 1.82) is 0 Å². The van der Waals surface area contributed by atoms with E-state index < -0.39 is 0 Å². The molecule has 0 aliphatic rings. The van der Waals surface area contributed by atoms with E-state index in [4.69, 9.17) is 30.8 Å². The third kappa shape index (κ3) is 4.80. The van der Waals surface area contributed by atoms with Gasteiger partial charge in [-0.25, -0.2) is 4.98 Å². The largest absolute Gasteiger partial charge is 0.493 e. The zero-order valence-corrected chi connectivity index (χ0v) is 21.1. The number of aromatic nitrogens is 4. The number of methoxy groups -OCH3 is 3. The molecular weight excluding hydrogens is 480 g/mol. The molecule has 33 heavy (non-hydrogen) atoms. The summed E-state index contributed by atoms with van der Waals surface area (Å²) in [5.41, 5.74) is 2.75. The van der Waals surface area contributed by atoms with Crippen LogP contribution in [0.5, 0.6) is 17.2 Å². The van der Waals surface area contributed by atoms with E-state index in [0.717, 1.165) is 32.8 Å². The Labute approximate surface area is 205 Å². The van der Waals surface area contributed by atoms with Gasteiger partial charge in [-0.05, 0) is 25.1 Å². The molecule has 0 aliphatic carbocycles. The van der Waals surface area contributed by atoms with E-state index in [-0.39, 0.29) is 0 Å². The second-order valence-corrected chi connectivity index (χ2v) is 9.08. The van der Waals surface area contributed by atoms with E-state index in [1.54, 1.807) is 44.4 Å². The molecule has 172 valence electrons. The van der Waals surface area contributed by atoms with E-state index in [9.17, 15) is 0 Å². The van der Waals surface area contributed by atoms with Crippen LogP contribution in [0.4, 0.5) is 0 Å². The first-order chi connectivity index (χ1) is 16.1. The van der Waals surface area contributed by atoms with Crippen molar-refractivity contribution < 1.29 is 14.2 Å². The zero-order valence-electron chi connectivity index (χ0n) is 18.7. The summed E-state index contributed by atoms with van der Waals surface area (Å²) in [5, 5.41) is 13.4. The smallest absolute Gasteiger partial charge is 0.203 e. The van der Waals surface area contributed by atoms with Crippen LogP contribution in [-0.2, 0) is 12.3 Å². The Morgan fingerprint density at radius 2 is 1.76 bits per heavy atom. The van der Waals surface area contributed by atoms with Crippen molar-refractivity contribution in [2.75, 3.05) is 21.3 Å². The summed E-state index contributed by atoms with van der Waals surface area (Å²) in [6.45, 7) is 2.77. The highest BCUT2D eigenvalue weighted by atomic mass is 35.5. The third-order valence-electron chi connectivity index (χ3n) is 4.96. The molecule has 0 radical (unpaired) electrons. The highest BCUT2D eigenvalue weighted by Crippen LogP contribution is 2.41. The molecule has 0 aliphatic heterocycles. The first-order valence-electron chi connectivity index (χ1n) is 10.1. The van der Waals surface area contributed by atoms with Gasteiger partial charge in [-0.3, -0.25) is 0 Å². The molecule has 0 atom stereocenters. The SMILES string of the molecule is CCn1c(SCc2csc(-c3ccccc3Cl)n2)nnc1-c1cc(OC)c(OC)c(OC)c1. The molecule has 4 aromatic rings. The highest BCUT2D eigenvalue weighted by molar-refractivity contribution is 7.98. The number of thioether (sulfide) groups is 1. The zero-order chi connectivity index (χ0) is 23.4. The van der Waals surface area contributed by atoms with Crippen molar-refractivity contribution >= 4 is 34.7 Å². The summed E-state index contributed by atoms with van der Waals surface area (Å²) in [6, 6.07) is 11.5. The summed E-state index contributed by atoms with van der Waals surface area (Å²) in [5.74, 6) is 3.09. The highest BCUT2D eigenvalue weighted by Gasteiger charge is 2.19. The number of halogens is 1. The van der Waals surface area contributed by atoms with Gasteiger partial charge in [-0.1, -0.05) is 41.6 Å². The van der Waals surface area contributed by atoms with Gasteiger partial charge in [0.25, 0.3) is 0 Å². The number of hydrogen-bond donors (Lipinski definition) is 0. The molecular formula is C23H23ClN4O3S2. The summed E-state index contributed by atoms with van der Waals surface area (Å²) in [6.07, 6.45) is 0. The van der Waals surface area contributed by atoms with Gasteiger partial charge in [-0.15, -0.1) is 21.5 Å². The van der Waals surface area contributed by atoms with Gasteiger partial charge in [0, 0.05) is 28.8 Å². The molecule has 0 amide bonds. The Morgan fingerprint density at radius 1 is 1.03 bits per heavy atom. The van der Waals surface area contributed by atoms with Crippen molar-refractivity contribution in [3.63, 3.8) is 0 Å². The standard InChI is InChI=1S/C23H23ClN4O3S2/c1-5-28-21(14-10-18(29-2)20(31-4)19(11-14)30-3)26-27-23(28)33-13-15-12-32-22(25-15)16-8-6-7-9-17(16)24/h6-12H,5,13H2,1-4H3. The maximum atomic E-state index is 6.32. The summed E-state index contributed by atoms with van der Waals surface area (Å²) in [4.78, 5) is 4.75. The second kappa shape index (κ2) is 10.5. The van der Waals surface area contributed by atoms with Crippen molar-refractivity contribution in [2.24, 2.45) is 0 Å². The van der Waals surface area contributed by atoms with Crippen LogP contribution in [-0.4, -0.2) is 41.1 Å². The minimum absolute atomic E-state index is 0.541. The van der Waals surface area contributed by atoms with Gasteiger partial charge in [0.1, 0.15) is 5.01 Å². The maximum absolute atomic E-state index is 6.32. The molecule has 0 fully saturated rings. The van der Waals surface area contributed by atoms with Crippen LogP contribution < -0.4 is 14.2 Å². The molecule has 4 rings (SSSR count). The monoisotopic (exact) mass is 502 g/mol. The number of ether oxygens (including phenoxy) is 3. The fourth-order valence-corrected chi connectivity index (χ4v) is 5.51. The van der Waals surface area contributed by atoms with E-state index in [1.165, 1.54) is 0 Å². The van der Waals surface area contributed by atoms with Crippen molar-refractivity contribution in [3.05, 3.63) is 52.5 Å². The molecule has 0 N–H and O–H groups in total. The first kappa shape index (κ1) is 23.4. The van der Waals surface area contributed by atoms with Gasteiger partial charge in [0.05, 0.1) is 32.0 Å². The average molecular weight is 503 g/mol. The summed E-state index contributed by atoms with van der Waals surface area (Å²) < 4.78 is 18.5. The predicted octanol–water partition coefficient (Wildman–Crippen LogP) is 6.06. The third-order valence-corrected chi connectivity index (χ3v) is 7.22. The quantitative estimate of drug-likeness (QED) is 0.257. The Morgan fingerprint density at radius 3 is 2.39 bits per heavy atom. The fraction of sp³-hybridized carbons (Fsp3) is 0.261.